The SMILES string of the molecule is CN(C)CCN1CC(C)(C)Oc2nc(C(F)(F)F)ccc2C1=O.Cl. The normalized spacial score (nSPS) is 17.0. The fourth-order valence-corrected chi connectivity index (χ4v) is 2.34. The lowest BCUT2D eigenvalue weighted by Gasteiger charge is -2.30. The summed E-state index contributed by atoms with van der Waals surface area (Å²) < 4.78 is 44.1. The van der Waals surface area contributed by atoms with Crippen molar-refractivity contribution >= 4 is 18.3 Å². The van der Waals surface area contributed by atoms with Crippen molar-refractivity contribution in [1.29, 1.82) is 0 Å². The summed E-state index contributed by atoms with van der Waals surface area (Å²) >= 11 is 0. The standard InChI is InChI=1S/C15H20F3N3O2.ClH/c1-14(2)9-21(8-7-20(3)4)13(22)10-5-6-11(15(16,17)18)19-12(10)23-14;/h5-6H,7-9H2,1-4H3;1H. The maximum absolute atomic E-state index is 12.8. The van der Waals surface area contributed by atoms with Crippen LogP contribution in [0, 0.1) is 0 Å². The van der Waals surface area contributed by atoms with Crippen molar-refractivity contribution in [2.75, 3.05) is 33.7 Å². The van der Waals surface area contributed by atoms with Gasteiger partial charge in [0.05, 0.1) is 6.54 Å². The Morgan fingerprint density at radius 3 is 2.50 bits per heavy atom. The van der Waals surface area contributed by atoms with Crippen LogP contribution in [0.5, 0.6) is 5.88 Å². The number of fused-ring (bicyclic) bond motifs is 1. The van der Waals surface area contributed by atoms with Gasteiger partial charge >= 0.3 is 6.18 Å². The summed E-state index contributed by atoms with van der Waals surface area (Å²) in [5.41, 5.74) is -1.84. The third-order valence-electron chi connectivity index (χ3n) is 3.43. The lowest BCUT2D eigenvalue weighted by Crippen LogP contribution is -2.45. The van der Waals surface area contributed by atoms with Crippen LogP contribution in [0.15, 0.2) is 12.1 Å². The molecule has 1 aromatic rings. The topological polar surface area (TPSA) is 45.7 Å². The molecule has 136 valence electrons. The van der Waals surface area contributed by atoms with E-state index in [1.165, 1.54) is 0 Å². The van der Waals surface area contributed by atoms with E-state index in [0.29, 0.717) is 13.1 Å². The van der Waals surface area contributed by atoms with E-state index in [1.807, 2.05) is 19.0 Å². The van der Waals surface area contributed by atoms with Crippen LogP contribution in [0.1, 0.15) is 29.9 Å². The molecule has 5 nitrogen and oxygen atoms in total. The first-order valence-corrected chi connectivity index (χ1v) is 7.21. The number of halogens is 4. The number of rotatable bonds is 3. The van der Waals surface area contributed by atoms with Crippen molar-refractivity contribution in [3.63, 3.8) is 0 Å². The first-order valence-electron chi connectivity index (χ1n) is 7.21. The summed E-state index contributed by atoms with van der Waals surface area (Å²) in [5, 5.41) is 0. The van der Waals surface area contributed by atoms with Crippen LogP contribution in [-0.4, -0.2) is 60.0 Å². The molecule has 0 unspecified atom stereocenters. The molecular weight excluding hydrogens is 347 g/mol. The molecule has 0 spiro atoms. The maximum atomic E-state index is 12.8. The third-order valence-corrected chi connectivity index (χ3v) is 3.43. The van der Waals surface area contributed by atoms with Crippen molar-refractivity contribution in [3.05, 3.63) is 23.4 Å². The number of pyridine rings is 1. The molecule has 0 saturated heterocycles. The van der Waals surface area contributed by atoms with Gasteiger partial charge in [-0.25, -0.2) is 4.98 Å². The molecular formula is C15H21ClF3N3O2. The van der Waals surface area contributed by atoms with E-state index in [4.69, 9.17) is 4.74 Å². The highest BCUT2D eigenvalue weighted by Crippen LogP contribution is 2.33. The summed E-state index contributed by atoms with van der Waals surface area (Å²) in [4.78, 5) is 19.6. The van der Waals surface area contributed by atoms with Gasteiger partial charge in [0.2, 0.25) is 5.88 Å². The summed E-state index contributed by atoms with van der Waals surface area (Å²) in [5.74, 6) is -0.629. The van der Waals surface area contributed by atoms with Crippen molar-refractivity contribution in [3.8, 4) is 5.88 Å². The molecule has 0 N–H and O–H groups in total. The summed E-state index contributed by atoms with van der Waals surface area (Å²) in [6, 6.07) is 1.94. The highest BCUT2D eigenvalue weighted by Gasteiger charge is 2.38. The van der Waals surface area contributed by atoms with Crippen molar-refractivity contribution in [1.82, 2.24) is 14.8 Å². The predicted octanol–water partition coefficient (Wildman–Crippen LogP) is 2.70. The molecule has 1 amide bonds. The molecule has 0 bridgehead atoms. The Kier molecular flexibility index (Phi) is 6.10. The van der Waals surface area contributed by atoms with Crippen molar-refractivity contribution in [2.24, 2.45) is 0 Å². The zero-order valence-electron chi connectivity index (χ0n) is 14.0. The molecule has 0 saturated carbocycles. The second-order valence-corrected chi connectivity index (χ2v) is 6.44. The second-order valence-electron chi connectivity index (χ2n) is 6.44. The zero-order valence-corrected chi connectivity index (χ0v) is 14.8. The molecule has 0 aromatic carbocycles. The Bertz CT molecular complexity index is 606. The highest BCUT2D eigenvalue weighted by molar-refractivity contribution is 5.96. The number of carbonyl (C=O) groups is 1. The van der Waals surface area contributed by atoms with Gasteiger partial charge in [-0.1, -0.05) is 0 Å². The number of nitrogens with zero attached hydrogens (tertiary/aromatic N) is 3. The average Bonchev–Trinajstić information content (AvgIpc) is 2.49. The van der Waals surface area contributed by atoms with E-state index < -0.39 is 17.5 Å². The molecule has 0 fully saturated rings. The van der Waals surface area contributed by atoms with Crippen LogP contribution in [-0.2, 0) is 6.18 Å². The fourth-order valence-electron chi connectivity index (χ4n) is 2.34. The highest BCUT2D eigenvalue weighted by atomic mass is 35.5. The monoisotopic (exact) mass is 367 g/mol. The summed E-state index contributed by atoms with van der Waals surface area (Å²) in [6.07, 6.45) is -4.58. The quantitative estimate of drug-likeness (QED) is 0.824. The van der Waals surface area contributed by atoms with Gasteiger partial charge in [-0.2, -0.15) is 13.2 Å². The van der Waals surface area contributed by atoms with E-state index >= 15 is 0 Å². The minimum absolute atomic E-state index is 0. The van der Waals surface area contributed by atoms with Crippen LogP contribution in [0.2, 0.25) is 0 Å². The predicted molar refractivity (Wildman–Crippen MR) is 85.7 cm³/mol. The maximum Gasteiger partial charge on any atom is 0.433 e. The largest absolute Gasteiger partial charge is 0.469 e. The lowest BCUT2D eigenvalue weighted by atomic mass is 10.1. The minimum atomic E-state index is -4.58. The van der Waals surface area contributed by atoms with Gasteiger partial charge in [0, 0.05) is 13.1 Å². The molecule has 2 rings (SSSR count). The molecule has 0 aliphatic carbocycles. The van der Waals surface area contributed by atoms with Gasteiger partial charge in [-0.15, -0.1) is 12.4 Å². The summed E-state index contributed by atoms with van der Waals surface area (Å²) in [6.45, 7) is 4.82. The molecule has 1 aliphatic heterocycles. The van der Waals surface area contributed by atoms with E-state index in [9.17, 15) is 18.0 Å². The van der Waals surface area contributed by atoms with Gasteiger partial charge in [0.25, 0.3) is 5.91 Å². The van der Waals surface area contributed by atoms with Crippen LogP contribution >= 0.6 is 12.4 Å². The van der Waals surface area contributed by atoms with Gasteiger partial charge in [-0.05, 0) is 40.1 Å². The van der Waals surface area contributed by atoms with Crippen LogP contribution in [0.3, 0.4) is 0 Å². The molecule has 1 aromatic heterocycles. The van der Waals surface area contributed by atoms with Crippen LogP contribution < -0.4 is 4.74 Å². The molecule has 24 heavy (non-hydrogen) atoms. The number of amides is 1. The van der Waals surface area contributed by atoms with E-state index in [2.05, 4.69) is 4.98 Å². The Hall–Kier alpha value is -1.54. The van der Waals surface area contributed by atoms with E-state index in [0.717, 1.165) is 12.1 Å². The molecule has 9 heteroatoms. The Morgan fingerprint density at radius 2 is 1.96 bits per heavy atom. The van der Waals surface area contributed by atoms with E-state index in [-0.39, 0.29) is 36.3 Å². The zero-order chi connectivity index (χ0) is 17.4. The van der Waals surface area contributed by atoms with E-state index in [1.54, 1.807) is 18.7 Å². The van der Waals surface area contributed by atoms with Gasteiger partial charge in [0.15, 0.2) is 0 Å². The number of hydrogen-bond donors (Lipinski definition) is 0. The lowest BCUT2D eigenvalue weighted by molar-refractivity contribution is -0.141. The van der Waals surface area contributed by atoms with Crippen molar-refractivity contribution in [2.45, 2.75) is 25.6 Å². The van der Waals surface area contributed by atoms with Crippen LogP contribution in [0.25, 0.3) is 0 Å². The number of ether oxygens (including phenoxy) is 1. The number of carbonyl (C=O) groups excluding carboxylic acids is 1. The Labute approximate surface area is 145 Å². The first kappa shape index (κ1) is 20.5. The molecule has 0 atom stereocenters. The van der Waals surface area contributed by atoms with Gasteiger partial charge in [-0.3, -0.25) is 4.79 Å². The Morgan fingerprint density at radius 1 is 1.33 bits per heavy atom. The average molecular weight is 368 g/mol. The number of alkyl halides is 3. The third kappa shape index (κ3) is 4.73. The Balaban J connectivity index is 0.00000288. The second kappa shape index (κ2) is 7.14. The number of hydrogen-bond acceptors (Lipinski definition) is 4. The molecule has 2 heterocycles. The van der Waals surface area contributed by atoms with Crippen LogP contribution in [0.4, 0.5) is 13.2 Å². The minimum Gasteiger partial charge on any atom is -0.469 e. The van der Waals surface area contributed by atoms with Gasteiger partial charge in [0.1, 0.15) is 16.9 Å². The van der Waals surface area contributed by atoms with Gasteiger partial charge < -0.3 is 14.5 Å². The fraction of sp³-hybridized carbons (Fsp3) is 0.600. The molecule has 0 radical (unpaired) electrons. The number of aromatic nitrogens is 1. The first-order chi connectivity index (χ1) is 10.5. The summed E-state index contributed by atoms with van der Waals surface area (Å²) in [7, 11) is 3.77. The van der Waals surface area contributed by atoms with Crippen molar-refractivity contribution < 1.29 is 22.7 Å². The molecule has 1 aliphatic rings. The smallest absolute Gasteiger partial charge is 0.433 e. The number of likely N-dealkylation sites (N-methyl/N-ethyl adjacent to an activating group) is 1.